The molecule has 1 rings (SSSR count). The fourth-order valence-electron chi connectivity index (χ4n) is 1.19. The third-order valence-electron chi connectivity index (χ3n) is 2.02. The fourth-order valence-corrected chi connectivity index (χ4v) is 1.19. The van der Waals surface area contributed by atoms with Crippen molar-refractivity contribution in [3.8, 4) is 6.07 Å². The van der Waals surface area contributed by atoms with Gasteiger partial charge in [0, 0.05) is 6.42 Å². The highest BCUT2D eigenvalue weighted by molar-refractivity contribution is 4.75. The van der Waals surface area contributed by atoms with Crippen LogP contribution in [0.15, 0.2) is 0 Å². The Labute approximate surface area is 62.2 Å². The van der Waals surface area contributed by atoms with Gasteiger partial charge in [0.15, 0.2) is 0 Å². The summed E-state index contributed by atoms with van der Waals surface area (Å²) in [5.74, 6) is 0.915. The standard InChI is InChI=1S/C8H14N2/c9-5-3-1-2-4-8-6-10-7-8/h8,10H,1-4,6-7H2. The van der Waals surface area contributed by atoms with Crippen LogP contribution in [0.2, 0.25) is 0 Å². The number of nitrogens with zero attached hydrogens (tertiary/aromatic N) is 1. The van der Waals surface area contributed by atoms with Gasteiger partial charge in [-0.1, -0.05) is 6.42 Å². The minimum atomic E-state index is 0.736. The summed E-state index contributed by atoms with van der Waals surface area (Å²) in [6, 6.07) is 2.16. The Kier molecular flexibility index (Phi) is 3.25. The first-order valence-corrected chi connectivity index (χ1v) is 4.01. The SMILES string of the molecule is N#CCCCCC1CNC1. The summed E-state index contributed by atoms with van der Waals surface area (Å²) in [5, 5.41) is 11.5. The second kappa shape index (κ2) is 4.29. The summed E-state index contributed by atoms with van der Waals surface area (Å²) in [7, 11) is 0. The van der Waals surface area contributed by atoms with Gasteiger partial charge in [-0.2, -0.15) is 5.26 Å². The largest absolute Gasteiger partial charge is 0.316 e. The Bertz CT molecular complexity index is 122. The molecule has 0 atom stereocenters. The van der Waals surface area contributed by atoms with Crippen LogP contribution >= 0.6 is 0 Å². The molecule has 2 nitrogen and oxygen atoms in total. The molecule has 56 valence electrons. The number of hydrogen-bond acceptors (Lipinski definition) is 2. The summed E-state index contributed by atoms with van der Waals surface area (Å²) < 4.78 is 0. The molecule has 0 saturated carbocycles. The molecule has 1 N–H and O–H groups in total. The van der Waals surface area contributed by atoms with Crippen molar-refractivity contribution in [1.29, 1.82) is 5.26 Å². The van der Waals surface area contributed by atoms with Crippen molar-refractivity contribution in [3.05, 3.63) is 0 Å². The summed E-state index contributed by atoms with van der Waals surface area (Å²) in [6.45, 7) is 2.40. The minimum absolute atomic E-state index is 0.736. The van der Waals surface area contributed by atoms with E-state index in [0.717, 1.165) is 18.8 Å². The van der Waals surface area contributed by atoms with Gasteiger partial charge in [0.2, 0.25) is 0 Å². The second-order valence-electron chi connectivity index (χ2n) is 2.93. The molecule has 0 aromatic heterocycles. The van der Waals surface area contributed by atoms with E-state index in [9.17, 15) is 0 Å². The first kappa shape index (κ1) is 7.56. The Morgan fingerprint density at radius 2 is 2.20 bits per heavy atom. The molecule has 0 unspecified atom stereocenters. The maximum Gasteiger partial charge on any atom is 0.0621 e. The van der Waals surface area contributed by atoms with Gasteiger partial charge in [0.05, 0.1) is 6.07 Å². The molecule has 1 saturated heterocycles. The molecule has 0 aromatic carbocycles. The van der Waals surface area contributed by atoms with Crippen LogP contribution in [0.5, 0.6) is 0 Å². The Balaban J connectivity index is 1.81. The Morgan fingerprint density at radius 3 is 2.70 bits per heavy atom. The van der Waals surface area contributed by atoms with Crippen molar-refractivity contribution in [2.75, 3.05) is 13.1 Å². The van der Waals surface area contributed by atoms with Crippen molar-refractivity contribution >= 4 is 0 Å². The van der Waals surface area contributed by atoms with E-state index in [0.29, 0.717) is 0 Å². The highest BCUT2D eigenvalue weighted by atomic mass is 14.9. The average Bonchev–Trinajstić information content (AvgIpc) is 1.84. The molecule has 0 spiro atoms. The van der Waals surface area contributed by atoms with Crippen molar-refractivity contribution in [2.24, 2.45) is 5.92 Å². The summed E-state index contributed by atoms with van der Waals surface area (Å²) in [5.41, 5.74) is 0. The number of nitriles is 1. The topological polar surface area (TPSA) is 35.8 Å². The molecule has 0 radical (unpaired) electrons. The monoisotopic (exact) mass is 138 g/mol. The van der Waals surface area contributed by atoms with E-state index in [1.165, 1.54) is 25.9 Å². The molecule has 1 fully saturated rings. The third kappa shape index (κ3) is 2.36. The molecule has 0 bridgehead atoms. The lowest BCUT2D eigenvalue weighted by Crippen LogP contribution is -2.41. The molecule has 2 heteroatoms. The van der Waals surface area contributed by atoms with Gasteiger partial charge in [-0.3, -0.25) is 0 Å². The quantitative estimate of drug-likeness (QED) is 0.594. The number of nitrogens with one attached hydrogen (secondary N) is 1. The molecule has 1 aliphatic rings. The van der Waals surface area contributed by atoms with Gasteiger partial charge in [0.25, 0.3) is 0 Å². The first-order chi connectivity index (χ1) is 4.93. The predicted octanol–water partition coefficient (Wildman–Crippen LogP) is 1.29. The average molecular weight is 138 g/mol. The number of unbranched alkanes of at least 4 members (excludes halogenated alkanes) is 2. The summed E-state index contributed by atoms with van der Waals surface area (Å²) >= 11 is 0. The highest BCUT2D eigenvalue weighted by Crippen LogP contribution is 2.12. The zero-order chi connectivity index (χ0) is 7.23. The van der Waals surface area contributed by atoms with Crippen molar-refractivity contribution < 1.29 is 0 Å². The lowest BCUT2D eigenvalue weighted by molar-refractivity contribution is 0.318. The molecule has 1 heterocycles. The van der Waals surface area contributed by atoms with Gasteiger partial charge in [-0.15, -0.1) is 0 Å². The lowest BCUT2D eigenvalue weighted by Gasteiger charge is -2.26. The van der Waals surface area contributed by atoms with E-state index in [-0.39, 0.29) is 0 Å². The molecule has 0 aliphatic carbocycles. The van der Waals surface area contributed by atoms with Crippen molar-refractivity contribution in [2.45, 2.75) is 25.7 Å². The molecule has 1 aliphatic heterocycles. The van der Waals surface area contributed by atoms with Crippen LogP contribution < -0.4 is 5.32 Å². The van der Waals surface area contributed by atoms with E-state index in [4.69, 9.17) is 5.26 Å². The molecule has 10 heavy (non-hydrogen) atoms. The van der Waals surface area contributed by atoms with Gasteiger partial charge >= 0.3 is 0 Å². The van der Waals surface area contributed by atoms with Gasteiger partial charge < -0.3 is 5.32 Å². The van der Waals surface area contributed by atoms with Crippen LogP contribution in [0.25, 0.3) is 0 Å². The van der Waals surface area contributed by atoms with E-state index < -0.39 is 0 Å². The zero-order valence-corrected chi connectivity index (χ0v) is 6.27. The van der Waals surface area contributed by atoms with Crippen LogP contribution in [0, 0.1) is 17.2 Å². The maximum atomic E-state index is 8.24. The van der Waals surface area contributed by atoms with Crippen LogP contribution in [0.4, 0.5) is 0 Å². The normalized spacial score (nSPS) is 17.9. The smallest absolute Gasteiger partial charge is 0.0621 e. The van der Waals surface area contributed by atoms with Crippen LogP contribution in [-0.2, 0) is 0 Å². The van der Waals surface area contributed by atoms with Crippen LogP contribution in [0.1, 0.15) is 25.7 Å². The maximum absolute atomic E-state index is 8.24. The highest BCUT2D eigenvalue weighted by Gasteiger charge is 2.14. The van der Waals surface area contributed by atoms with Crippen LogP contribution in [-0.4, -0.2) is 13.1 Å². The Morgan fingerprint density at radius 1 is 1.40 bits per heavy atom. The number of hydrogen-bond donors (Lipinski definition) is 1. The van der Waals surface area contributed by atoms with E-state index in [1.54, 1.807) is 0 Å². The Hall–Kier alpha value is -0.550. The molecule has 0 amide bonds. The van der Waals surface area contributed by atoms with Crippen molar-refractivity contribution in [3.63, 3.8) is 0 Å². The minimum Gasteiger partial charge on any atom is -0.316 e. The lowest BCUT2D eigenvalue weighted by atomic mass is 9.96. The van der Waals surface area contributed by atoms with E-state index in [2.05, 4.69) is 11.4 Å². The molecular weight excluding hydrogens is 124 g/mol. The van der Waals surface area contributed by atoms with Gasteiger partial charge in [0.1, 0.15) is 0 Å². The molecular formula is C8H14N2. The molecule has 0 aromatic rings. The van der Waals surface area contributed by atoms with E-state index >= 15 is 0 Å². The second-order valence-corrected chi connectivity index (χ2v) is 2.93. The van der Waals surface area contributed by atoms with Gasteiger partial charge in [-0.05, 0) is 31.8 Å². The summed E-state index contributed by atoms with van der Waals surface area (Å²) in [4.78, 5) is 0. The van der Waals surface area contributed by atoms with E-state index in [1.807, 2.05) is 0 Å². The number of rotatable bonds is 4. The predicted molar refractivity (Wildman–Crippen MR) is 40.4 cm³/mol. The third-order valence-corrected chi connectivity index (χ3v) is 2.02. The fraction of sp³-hybridized carbons (Fsp3) is 0.875. The zero-order valence-electron chi connectivity index (χ0n) is 6.27. The van der Waals surface area contributed by atoms with Crippen molar-refractivity contribution in [1.82, 2.24) is 5.32 Å². The summed E-state index contributed by atoms with van der Waals surface area (Å²) in [6.07, 6.45) is 4.38. The first-order valence-electron chi connectivity index (χ1n) is 4.01. The van der Waals surface area contributed by atoms with Gasteiger partial charge in [-0.25, -0.2) is 0 Å². The van der Waals surface area contributed by atoms with Crippen LogP contribution in [0.3, 0.4) is 0 Å².